The summed E-state index contributed by atoms with van der Waals surface area (Å²) < 4.78 is 37.6. The van der Waals surface area contributed by atoms with Crippen molar-refractivity contribution in [3.63, 3.8) is 0 Å². The molecular weight excluding hydrogens is 273 g/mol. The van der Waals surface area contributed by atoms with E-state index in [-0.39, 0.29) is 12.3 Å². The Hall–Kier alpha value is -1.76. The number of aliphatic hydroxyl groups is 1. The highest BCUT2D eigenvalue weighted by Gasteiger charge is 2.30. The van der Waals surface area contributed by atoms with Crippen LogP contribution in [-0.4, -0.2) is 23.3 Å². The van der Waals surface area contributed by atoms with Crippen LogP contribution in [0.2, 0.25) is 0 Å². The summed E-state index contributed by atoms with van der Waals surface area (Å²) in [6, 6.07) is 3.76. The first-order chi connectivity index (χ1) is 9.14. The zero-order valence-corrected chi connectivity index (χ0v) is 11.2. The van der Waals surface area contributed by atoms with E-state index in [1.807, 2.05) is 0 Å². The number of carbonyl (C=O) groups excluding carboxylic acids is 1. The zero-order chi connectivity index (χ0) is 15.4. The predicted molar refractivity (Wildman–Crippen MR) is 69.4 cm³/mol. The minimum atomic E-state index is -4.45. The monoisotopic (exact) mass is 290 g/mol. The van der Waals surface area contributed by atoms with E-state index >= 15 is 0 Å². The van der Waals surface area contributed by atoms with E-state index in [0.29, 0.717) is 6.42 Å². The maximum Gasteiger partial charge on any atom is 0.416 e. The molecule has 0 unspecified atom stereocenters. The zero-order valence-electron chi connectivity index (χ0n) is 11.2. The lowest BCUT2D eigenvalue weighted by atomic mass is 10.0. The van der Waals surface area contributed by atoms with Gasteiger partial charge in [0.2, 0.25) is 0 Å². The number of nitrogens with one attached hydrogen (secondary N) is 2. The van der Waals surface area contributed by atoms with Crippen LogP contribution in [0, 0.1) is 0 Å². The first kappa shape index (κ1) is 16.3. The molecule has 0 spiro atoms. The Labute approximate surface area is 115 Å². The maximum atomic E-state index is 12.5. The lowest BCUT2D eigenvalue weighted by Gasteiger charge is -2.25. The molecule has 0 aliphatic carbocycles. The first-order valence-corrected chi connectivity index (χ1v) is 6.01. The summed E-state index contributed by atoms with van der Waals surface area (Å²) in [5.41, 5.74) is -1.43. The fourth-order valence-electron chi connectivity index (χ4n) is 1.58. The van der Waals surface area contributed by atoms with Crippen LogP contribution in [0.25, 0.3) is 0 Å². The first-order valence-electron chi connectivity index (χ1n) is 6.01. The fourth-order valence-corrected chi connectivity index (χ4v) is 1.58. The number of anilines is 1. The Bertz CT molecular complexity index is 473. The summed E-state index contributed by atoms with van der Waals surface area (Å²) >= 11 is 0. The molecule has 1 aromatic rings. The Morgan fingerprint density at radius 3 is 2.50 bits per heavy atom. The molecule has 0 atom stereocenters. The summed E-state index contributed by atoms with van der Waals surface area (Å²) in [4.78, 5) is 11.7. The molecule has 1 aromatic carbocycles. The van der Waals surface area contributed by atoms with E-state index in [1.54, 1.807) is 13.8 Å². The third-order valence-corrected chi connectivity index (χ3v) is 2.64. The Morgan fingerprint density at radius 2 is 1.95 bits per heavy atom. The van der Waals surface area contributed by atoms with Gasteiger partial charge in [-0.15, -0.1) is 0 Å². The molecular formula is C13H17F3N2O2. The van der Waals surface area contributed by atoms with Crippen LogP contribution < -0.4 is 10.6 Å². The minimum absolute atomic E-state index is 0.0529. The highest BCUT2D eigenvalue weighted by molar-refractivity contribution is 5.89. The molecule has 20 heavy (non-hydrogen) atoms. The number of halogens is 3. The Kier molecular flexibility index (Phi) is 4.99. The second-order valence-electron chi connectivity index (χ2n) is 5.02. The number of rotatable bonds is 4. The summed E-state index contributed by atoms with van der Waals surface area (Å²) in [7, 11) is 0. The quantitative estimate of drug-likeness (QED) is 0.798. The molecule has 0 radical (unpaired) electrons. The van der Waals surface area contributed by atoms with Crippen molar-refractivity contribution in [3.8, 4) is 0 Å². The summed E-state index contributed by atoms with van der Waals surface area (Å²) in [6.45, 7) is 3.31. The molecule has 0 aromatic heterocycles. The standard InChI is InChI=1S/C13H17F3N2O2/c1-12(2,6-7-19)18-11(20)17-10-5-3-4-9(8-10)13(14,15)16/h3-5,8,19H,6-7H2,1-2H3,(H2,17,18,20). The van der Waals surface area contributed by atoms with Gasteiger partial charge in [-0.2, -0.15) is 13.2 Å². The molecule has 112 valence electrons. The molecule has 1 rings (SSSR count). The lowest BCUT2D eigenvalue weighted by molar-refractivity contribution is -0.137. The lowest BCUT2D eigenvalue weighted by Crippen LogP contribution is -2.46. The third kappa shape index (κ3) is 5.08. The topological polar surface area (TPSA) is 61.4 Å². The average molecular weight is 290 g/mol. The van der Waals surface area contributed by atoms with E-state index in [0.717, 1.165) is 12.1 Å². The van der Waals surface area contributed by atoms with Gasteiger partial charge in [-0.05, 0) is 38.5 Å². The van der Waals surface area contributed by atoms with Gasteiger partial charge >= 0.3 is 12.2 Å². The van der Waals surface area contributed by atoms with Crippen molar-refractivity contribution in [3.05, 3.63) is 29.8 Å². The number of hydrogen-bond donors (Lipinski definition) is 3. The van der Waals surface area contributed by atoms with E-state index in [2.05, 4.69) is 10.6 Å². The number of alkyl halides is 3. The number of hydrogen-bond acceptors (Lipinski definition) is 2. The average Bonchev–Trinajstić information content (AvgIpc) is 2.26. The van der Waals surface area contributed by atoms with Crippen LogP contribution in [0.4, 0.5) is 23.7 Å². The smallest absolute Gasteiger partial charge is 0.396 e. The summed E-state index contributed by atoms with van der Waals surface area (Å²) in [5, 5.41) is 13.7. The van der Waals surface area contributed by atoms with Gasteiger partial charge in [0.1, 0.15) is 0 Å². The molecule has 3 N–H and O–H groups in total. The number of urea groups is 1. The van der Waals surface area contributed by atoms with Crippen molar-refractivity contribution < 1.29 is 23.1 Å². The number of amides is 2. The number of benzene rings is 1. The maximum absolute atomic E-state index is 12.5. The molecule has 0 bridgehead atoms. The van der Waals surface area contributed by atoms with Crippen molar-refractivity contribution in [2.45, 2.75) is 32.0 Å². The highest BCUT2D eigenvalue weighted by atomic mass is 19.4. The normalized spacial score (nSPS) is 12.1. The van der Waals surface area contributed by atoms with Gasteiger partial charge in [-0.1, -0.05) is 6.07 Å². The van der Waals surface area contributed by atoms with Crippen LogP contribution in [-0.2, 0) is 6.18 Å². The second kappa shape index (κ2) is 6.13. The molecule has 0 aliphatic rings. The van der Waals surface area contributed by atoms with E-state index < -0.39 is 23.3 Å². The van der Waals surface area contributed by atoms with Gasteiger partial charge < -0.3 is 15.7 Å². The minimum Gasteiger partial charge on any atom is -0.396 e. The van der Waals surface area contributed by atoms with Crippen LogP contribution in [0.3, 0.4) is 0 Å². The molecule has 0 fully saturated rings. The van der Waals surface area contributed by atoms with Crippen molar-refractivity contribution >= 4 is 11.7 Å². The summed E-state index contributed by atoms with van der Waals surface area (Å²) in [5.74, 6) is 0. The Morgan fingerprint density at radius 1 is 1.30 bits per heavy atom. The largest absolute Gasteiger partial charge is 0.416 e. The molecule has 0 aliphatic heterocycles. The summed E-state index contributed by atoms with van der Waals surface area (Å²) in [6.07, 6.45) is -4.12. The van der Waals surface area contributed by atoms with E-state index in [1.165, 1.54) is 12.1 Å². The van der Waals surface area contributed by atoms with Crippen LogP contribution >= 0.6 is 0 Å². The van der Waals surface area contributed by atoms with E-state index in [9.17, 15) is 18.0 Å². The van der Waals surface area contributed by atoms with Crippen molar-refractivity contribution in [1.82, 2.24) is 5.32 Å². The van der Waals surface area contributed by atoms with Gasteiger partial charge in [0.25, 0.3) is 0 Å². The molecule has 4 nitrogen and oxygen atoms in total. The highest BCUT2D eigenvalue weighted by Crippen LogP contribution is 2.30. The van der Waals surface area contributed by atoms with Crippen LogP contribution in [0.15, 0.2) is 24.3 Å². The fraction of sp³-hybridized carbons (Fsp3) is 0.462. The predicted octanol–water partition coefficient (Wildman–Crippen LogP) is 2.99. The number of carbonyl (C=O) groups is 1. The van der Waals surface area contributed by atoms with Gasteiger partial charge in [0, 0.05) is 17.8 Å². The van der Waals surface area contributed by atoms with Crippen molar-refractivity contribution in [2.24, 2.45) is 0 Å². The van der Waals surface area contributed by atoms with Gasteiger partial charge in [-0.25, -0.2) is 4.79 Å². The third-order valence-electron chi connectivity index (χ3n) is 2.64. The van der Waals surface area contributed by atoms with E-state index in [4.69, 9.17) is 5.11 Å². The molecule has 0 heterocycles. The van der Waals surface area contributed by atoms with Crippen molar-refractivity contribution in [2.75, 3.05) is 11.9 Å². The van der Waals surface area contributed by atoms with Gasteiger partial charge in [0.15, 0.2) is 0 Å². The van der Waals surface area contributed by atoms with Gasteiger partial charge in [0.05, 0.1) is 5.56 Å². The van der Waals surface area contributed by atoms with Crippen LogP contribution in [0.1, 0.15) is 25.8 Å². The second-order valence-corrected chi connectivity index (χ2v) is 5.02. The number of aliphatic hydroxyl groups excluding tert-OH is 1. The van der Waals surface area contributed by atoms with Crippen molar-refractivity contribution in [1.29, 1.82) is 0 Å². The Balaban J connectivity index is 2.72. The SMILES string of the molecule is CC(C)(CCO)NC(=O)Nc1cccc(C(F)(F)F)c1. The molecule has 7 heteroatoms. The van der Waals surface area contributed by atoms with Crippen LogP contribution in [0.5, 0.6) is 0 Å². The molecule has 0 saturated heterocycles. The molecule has 0 saturated carbocycles. The van der Waals surface area contributed by atoms with Gasteiger partial charge in [-0.3, -0.25) is 0 Å². The molecule has 2 amide bonds.